The fourth-order valence-corrected chi connectivity index (χ4v) is 2.78. The summed E-state index contributed by atoms with van der Waals surface area (Å²) in [6.45, 7) is 11.8. The van der Waals surface area contributed by atoms with Crippen LogP contribution in [0.1, 0.15) is 67.7 Å². The van der Waals surface area contributed by atoms with Crippen LogP contribution in [-0.2, 0) is 16.1 Å². The van der Waals surface area contributed by atoms with Gasteiger partial charge in [0.15, 0.2) is 0 Å². The van der Waals surface area contributed by atoms with Gasteiger partial charge in [-0.25, -0.2) is 4.98 Å². The first-order chi connectivity index (χ1) is 12.2. The van der Waals surface area contributed by atoms with Crippen molar-refractivity contribution < 1.29 is 14.3 Å². The number of hydrogen-bond acceptors (Lipinski definition) is 4. The molecule has 2 rings (SSSR count). The minimum absolute atomic E-state index is 0.0296. The lowest BCUT2D eigenvalue weighted by molar-refractivity contribution is -0.148. The van der Waals surface area contributed by atoms with Gasteiger partial charge in [0.05, 0.1) is 11.6 Å². The standard InChI is InChI=1S/C21H28N2O3/c1-13(2)20(24)23-10-19(22-12-23)16(6)18-9-7-8-17(15(18)5)11-26-21(25)14(3)4/h7-10,12-14,16H,11H2,1-6H3. The highest BCUT2D eigenvalue weighted by Crippen LogP contribution is 2.28. The first kappa shape index (κ1) is 19.9. The van der Waals surface area contributed by atoms with Gasteiger partial charge in [0.25, 0.3) is 0 Å². The number of carbonyl (C=O) groups is 2. The van der Waals surface area contributed by atoms with Crippen LogP contribution in [-0.4, -0.2) is 21.4 Å². The Morgan fingerprint density at radius 2 is 1.81 bits per heavy atom. The van der Waals surface area contributed by atoms with Crippen LogP contribution in [0.4, 0.5) is 0 Å². The molecule has 0 bridgehead atoms. The molecule has 1 unspecified atom stereocenters. The average Bonchev–Trinajstić information content (AvgIpc) is 3.09. The Bertz CT molecular complexity index is 790. The van der Waals surface area contributed by atoms with Crippen molar-refractivity contribution in [1.82, 2.24) is 9.55 Å². The van der Waals surface area contributed by atoms with E-state index >= 15 is 0 Å². The van der Waals surface area contributed by atoms with E-state index in [-0.39, 0.29) is 36.2 Å². The van der Waals surface area contributed by atoms with Gasteiger partial charge < -0.3 is 4.74 Å². The molecule has 0 N–H and O–H groups in total. The topological polar surface area (TPSA) is 61.2 Å². The Morgan fingerprint density at radius 3 is 2.42 bits per heavy atom. The summed E-state index contributed by atoms with van der Waals surface area (Å²) in [5.74, 6) is -0.347. The molecule has 0 amide bonds. The van der Waals surface area contributed by atoms with Gasteiger partial charge in [0.2, 0.25) is 5.91 Å². The highest BCUT2D eigenvalue weighted by molar-refractivity contribution is 5.80. The molecule has 0 aliphatic heterocycles. The van der Waals surface area contributed by atoms with Crippen LogP contribution < -0.4 is 0 Å². The van der Waals surface area contributed by atoms with Gasteiger partial charge in [0, 0.05) is 18.0 Å². The second kappa shape index (κ2) is 8.30. The van der Waals surface area contributed by atoms with Crippen LogP contribution in [0.3, 0.4) is 0 Å². The quantitative estimate of drug-likeness (QED) is 0.723. The van der Waals surface area contributed by atoms with Crippen molar-refractivity contribution in [2.24, 2.45) is 11.8 Å². The summed E-state index contributed by atoms with van der Waals surface area (Å²) in [7, 11) is 0. The van der Waals surface area contributed by atoms with E-state index in [1.165, 1.54) is 0 Å². The van der Waals surface area contributed by atoms with E-state index in [9.17, 15) is 9.59 Å². The number of hydrogen-bond donors (Lipinski definition) is 0. The van der Waals surface area contributed by atoms with E-state index < -0.39 is 0 Å². The second-order valence-electron chi connectivity index (χ2n) is 7.31. The highest BCUT2D eigenvalue weighted by atomic mass is 16.5. The van der Waals surface area contributed by atoms with E-state index in [1.807, 2.05) is 46.8 Å². The maximum absolute atomic E-state index is 12.1. The van der Waals surface area contributed by atoms with Gasteiger partial charge in [-0.3, -0.25) is 14.2 Å². The molecular formula is C21H28N2O3. The van der Waals surface area contributed by atoms with Gasteiger partial charge in [-0.2, -0.15) is 0 Å². The van der Waals surface area contributed by atoms with E-state index in [0.29, 0.717) is 0 Å². The average molecular weight is 356 g/mol. The summed E-state index contributed by atoms with van der Waals surface area (Å²) < 4.78 is 6.93. The van der Waals surface area contributed by atoms with Gasteiger partial charge in [-0.05, 0) is 23.6 Å². The third-order valence-corrected chi connectivity index (χ3v) is 4.59. The maximum Gasteiger partial charge on any atom is 0.308 e. The molecule has 1 aromatic heterocycles. The fourth-order valence-electron chi connectivity index (χ4n) is 2.78. The van der Waals surface area contributed by atoms with Crippen molar-refractivity contribution in [3.63, 3.8) is 0 Å². The van der Waals surface area contributed by atoms with E-state index in [1.54, 1.807) is 17.1 Å². The molecule has 140 valence electrons. The predicted octanol–water partition coefficient (Wildman–Crippen LogP) is 4.34. The molecule has 0 saturated heterocycles. The van der Waals surface area contributed by atoms with Crippen LogP contribution in [0.25, 0.3) is 0 Å². The third-order valence-electron chi connectivity index (χ3n) is 4.59. The van der Waals surface area contributed by atoms with Crippen molar-refractivity contribution in [2.75, 3.05) is 0 Å². The number of carbonyl (C=O) groups excluding carboxylic acids is 2. The number of benzene rings is 1. The van der Waals surface area contributed by atoms with Crippen molar-refractivity contribution >= 4 is 11.9 Å². The van der Waals surface area contributed by atoms with Crippen LogP contribution in [0, 0.1) is 18.8 Å². The molecule has 26 heavy (non-hydrogen) atoms. The number of aromatic nitrogens is 2. The molecule has 0 aliphatic rings. The number of imidazole rings is 1. The zero-order valence-corrected chi connectivity index (χ0v) is 16.4. The Kier molecular flexibility index (Phi) is 6.35. The molecule has 1 aromatic carbocycles. The molecule has 0 saturated carbocycles. The summed E-state index contributed by atoms with van der Waals surface area (Å²) in [4.78, 5) is 28.3. The Labute approximate surface area is 155 Å². The molecular weight excluding hydrogens is 328 g/mol. The fraction of sp³-hybridized carbons (Fsp3) is 0.476. The minimum atomic E-state index is -0.200. The lowest BCUT2D eigenvalue weighted by Gasteiger charge is -2.16. The van der Waals surface area contributed by atoms with E-state index in [2.05, 4.69) is 18.0 Å². The largest absolute Gasteiger partial charge is 0.461 e. The first-order valence-corrected chi connectivity index (χ1v) is 9.05. The summed E-state index contributed by atoms with van der Waals surface area (Å²) in [5, 5.41) is 0. The lowest BCUT2D eigenvalue weighted by atomic mass is 9.91. The number of esters is 1. The number of ether oxygens (including phenoxy) is 1. The predicted molar refractivity (Wildman–Crippen MR) is 101 cm³/mol. The van der Waals surface area contributed by atoms with Crippen LogP contribution in [0.2, 0.25) is 0 Å². The molecule has 0 aliphatic carbocycles. The summed E-state index contributed by atoms with van der Waals surface area (Å²) in [5.41, 5.74) is 4.03. The summed E-state index contributed by atoms with van der Waals surface area (Å²) >= 11 is 0. The Balaban J connectivity index is 2.22. The smallest absolute Gasteiger partial charge is 0.308 e. The third kappa shape index (κ3) is 4.40. The molecule has 1 heterocycles. The highest BCUT2D eigenvalue weighted by Gasteiger charge is 2.18. The molecule has 2 aromatic rings. The lowest BCUT2D eigenvalue weighted by Crippen LogP contribution is -2.15. The monoisotopic (exact) mass is 356 g/mol. The second-order valence-corrected chi connectivity index (χ2v) is 7.31. The molecule has 5 nitrogen and oxygen atoms in total. The molecule has 1 atom stereocenters. The van der Waals surface area contributed by atoms with Crippen molar-refractivity contribution in [3.8, 4) is 0 Å². The Morgan fingerprint density at radius 1 is 1.12 bits per heavy atom. The molecule has 0 spiro atoms. The van der Waals surface area contributed by atoms with E-state index in [4.69, 9.17) is 4.74 Å². The van der Waals surface area contributed by atoms with Crippen molar-refractivity contribution in [3.05, 3.63) is 53.1 Å². The van der Waals surface area contributed by atoms with Gasteiger partial charge in [0.1, 0.15) is 12.9 Å². The Hall–Kier alpha value is -2.43. The van der Waals surface area contributed by atoms with Crippen molar-refractivity contribution in [1.29, 1.82) is 0 Å². The first-order valence-electron chi connectivity index (χ1n) is 9.05. The molecule has 0 fully saturated rings. The van der Waals surface area contributed by atoms with Crippen LogP contribution in [0.15, 0.2) is 30.7 Å². The minimum Gasteiger partial charge on any atom is -0.461 e. The summed E-state index contributed by atoms with van der Waals surface area (Å²) in [6.07, 6.45) is 3.38. The summed E-state index contributed by atoms with van der Waals surface area (Å²) in [6, 6.07) is 5.99. The van der Waals surface area contributed by atoms with Crippen LogP contribution in [0.5, 0.6) is 0 Å². The molecule has 5 heteroatoms. The normalized spacial score (nSPS) is 12.5. The van der Waals surface area contributed by atoms with Crippen LogP contribution >= 0.6 is 0 Å². The zero-order chi connectivity index (χ0) is 19.4. The van der Waals surface area contributed by atoms with Crippen molar-refractivity contribution in [2.45, 2.75) is 54.1 Å². The van der Waals surface area contributed by atoms with Gasteiger partial charge >= 0.3 is 5.97 Å². The van der Waals surface area contributed by atoms with Gasteiger partial charge in [-0.15, -0.1) is 0 Å². The SMILES string of the molecule is Cc1c(COC(=O)C(C)C)cccc1C(C)c1cn(C(=O)C(C)C)cn1. The maximum atomic E-state index is 12.1. The van der Waals surface area contributed by atoms with Gasteiger partial charge in [-0.1, -0.05) is 52.8 Å². The number of rotatable bonds is 6. The molecule has 0 radical (unpaired) electrons. The van der Waals surface area contributed by atoms with E-state index in [0.717, 1.165) is 22.4 Å². The number of nitrogens with zero attached hydrogens (tertiary/aromatic N) is 2. The zero-order valence-electron chi connectivity index (χ0n) is 16.4.